The van der Waals surface area contributed by atoms with E-state index in [1.54, 1.807) is 6.07 Å². The normalized spacial score (nSPS) is 16.0. The molecule has 2 heterocycles. The summed E-state index contributed by atoms with van der Waals surface area (Å²) in [5, 5.41) is 17.9. The number of anilines is 1. The lowest BCUT2D eigenvalue weighted by Gasteiger charge is -2.32. The fourth-order valence-corrected chi connectivity index (χ4v) is 3.24. The summed E-state index contributed by atoms with van der Waals surface area (Å²) in [6.07, 6.45) is -1.61. The third kappa shape index (κ3) is 4.30. The van der Waals surface area contributed by atoms with Gasteiger partial charge in [0.25, 0.3) is 5.78 Å². The van der Waals surface area contributed by atoms with Crippen LogP contribution in [0.15, 0.2) is 30.6 Å². The van der Waals surface area contributed by atoms with Gasteiger partial charge in [-0.15, -0.1) is 13.2 Å². The molecular formula is C19H19F4N5O2. The number of nitrogens with zero attached hydrogens (tertiary/aromatic N) is 4. The van der Waals surface area contributed by atoms with Gasteiger partial charge in [0.2, 0.25) is 0 Å². The molecule has 30 heavy (non-hydrogen) atoms. The zero-order chi connectivity index (χ0) is 21.7. The zero-order valence-electron chi connectivity index (χ0n) is 16.1. The Kier molecular flexibility index (Phi) is 4.80. The minimum Gasteiger partial charge on any atom is -0.406 e. The highest BCUT2D eigenvalue weighted by Crippen LogP contribution is 2.40. The molecule has 2 aromatic heterocycles. The number of alkyl halides is 3. The molecule has 0 bridgehead atoms. The Morgan fingerprint density at radius 3 is 2.57 bits per heavy atom. The van der Waals surface area contributed by atoms with Crippen molar-refractivity contribution in [2.45, 2.75) is 50.6 Å². The van der Waals surface area contributed by atoms with Crippen molar-refractivity contribution in [3.63, 3.8) is 0 Å². The highest BCUT2D eigenvalue weighted by atomic mass is 19.4. The molecule has 0 saturated heterocycles. The van der Waals surface area contributed by atoms with Crippen LogP contribution in [0.3, 0.4) is 0 Å². The van der Waals surface area contributed by atoms with Crippen molar-refractivity contribution in [3.8, 4) is 5.75 Å². The maximum Gasteiger partial charge on any atom is 0.573 e. The molecule has 0 aliphatic heterocycles. The van der Waals surface area contributed by atoms with Crippen LogP contribution in [0, 0.1) is 5.82 Å². The molecule has 0 amide bonds. The molecule has 2 N–H and O–H groups in total. The van der Waals surface area contributed by atoms with E-state index in [0.29, 0.717) is 23.6 Å². The van der Waals surface area contributed by atoms with Crippen molar-refractivity contribution in [3.05, 3.63) is 47.7 Å². The predicted octanol–water partition coefficient (Wildman–Crippen LogP) is 3.96. The molecule has 1 unspecified atom stereocenters. The number of aliphatic hydroxyl groups is 1. The molecule has 11 heteroatoms. The number of rotatable bonds is 6. The molecule has 1 atom stereocenters. The number of ether oxygens (including phenoxy) is 1. The molecule has 4 rings (SSSR count). The fourth-order valence-electron chi connectivity index (χ4n) is 3.24. The Bertz CT molecular complexity index is 1070. The molecule has 1 aromatic carbocycles. The maximum atomic E-state index is 14.7. The molecule has 1 fully saturated rings. The van der Waals surface area contributed by atoms with Gasteiger partial charge in [-0.05, 0) is 32.8 Å². The topological polar surface area (TPSA) is 84.6 Å². The number of halogens is 4. The van der Waals surface area contributed by atoms with Crippen molar-refractivity contribution in [2.75, 3.05) is 5.32 Å². The first-order chi connectivity index (χ1) is 14.0. The SMILES string of the molecule is CC(C)(O)C(Nc1cc(C2CC2)nc2ncnn12)c1ccc(OC(F)(F)F)cc1F. The Balaban J connectivity index is 1.71. The third-order valence-corrected chi connectivity index (χ3v) is 4.78. The molecule has 1 aliphatic carbocycles. The van der Waals surface area contributed by atoms with Crippen LogP contribution in [0.2, 0.25) is 0 Å². The number of benzene rings is 1. The Morgan fingerprint density at radius 1 is 1.23 bits per heavy atom. The average molecular weight is 425 g/mol. The van der Waals surface area contributed by atoms with Crippen molar-refractivity contribution in [1.82, 2.24) is 19.6 Å². The summed E-state index contributed by atoms with van der Waals surface area (Å²) in [4.78, 5) is 8.55. The standard InChI is InChI=1S/C19H19F4N5O2/c1-18(2,29)16(12-6-5-11(7-13(12)20)30-19(21,22)23)27-15-8-14(10-3-4-10)26-17-24-9-25-28(15)17/h5-10,16,27,29H,3-4H2,1-2H3. The monoisotopic (exact) mass is 425 g/mol. The zero-order valence-corrected chi connectivity index (χ0v) is 16.1. The van der Waals surface area contributed by atoms with E-state index < -0.39 is 29.6 Å². The van der Waals surface area contributed by atoms with Crippen LogP contribution >= 0.6 is 0 Å². The highest BCUT2D eigenvalue weighted by Gasteiger charge is 2.34. The minimum atomic E-state index is -4.93. The van der Waals surface area contributed by atoms with Gasteiger partial charge in [0.15, 0.2) is 0 Å². The van der Waals surface area contributed by atoms with Gasteiger partial charge in [-0.3, -0.25) is 0 Å². The summed E-state index contributed by atoms with van der Waals surface area (Å²) >= 11 is 0. The van der Waals surface area contributed by atoms with E-state index in [9.17, 15) is 22.7 Å². The van der Waals surface area contributed by atoms with Crippen LogP contribution in [0.1, 0.15) is 49.9 Å². The minimum absolute atomic E-state index is 0.0323. The second-order valence-corrected chi connectivity index (χ2v) is 7.77. The summed E-state index contributed by atoms with van der Waals surface area (Å²) in [5.74, 6) is -0.546. The van der Waals surface area contributed by atoms with Crippen molar-refractivity contribution in [2.24, 2.45) is 0 Å². The lowest BCUT2D eigenvalue weighted by Crippen LogP contribution is -2.35. The van der Waals surface area contributed by atoms with Gasteiger partial charge in [-0.25, -0.2) is 9.37 Å². The van der Waals surface area contributed by atoms with Gasteiger partial charge >= 0.3 is 6.36 Å². The lowest BCUT2D eigenvalue weighted by atomic mass is 9.91. The first-order valence-corrected chi connectivity index (χ1v) is 9.26. The van der Waals surface area contributed by atoms with Crippen LogP contribution in [0.4, 0.5) is 23.4 Å². The Hall–Kier alpha value is -2.95. The second-order valence-electron chi connectivity index (χ2n) is 7.77. The van der Waals surface area contributed by atoms with Gasteiger partial charge in [-0.1, -0.05) is 6.07 Å². The summed E-state index contributed by atoms with van der Waals surface area (Å²) in [5.41, 5.74) is -0.708. The predicted molar refractivity (Wildman–Crippen MR) is 98.5 cm³/mol. The number of aromatic nitrogens is 4. The molecule has 160 valence electrons. The van der Waals surface area contributed by atoms with E-state index in [4.69, 9.17) is 0 Å². The van der Waals surface area contributed by atoms with Crippen LogP contribution in [-0.4, -0.2) is 36.7 Å². The van der Waals surface area contributed by atoms with E-state index >= 15 is 0 Å². The fraction of sp³-hybridized carbons (Fsp3) is 0.421. The van der Waals surface area contributed by atoms with Gasteiger partial charge < -0.3 is 15.2 Å². The maximum absolute atomic E-state index is 14.7. The molecule has 0 spiro atoms. The van der Waals surface area contributed by atoms with Crippen molar-refractivity contribution < 1.29 is 27.4 Å². The van der Waals surface area contributed by atoms with Crippen LogP contribution in [-0.2, 0) is 0 Å². The smallest absolute Gasteiger partial charge is 0.406 e. The third-order valence-electron chi connectivity index (χ3n) is 4.78. The van der Waals surface area contributed by atoms with Crippen molar-refractivity contribution >= 4 is 11.6 Å². The van der Waals surface area contributed by atoms with Gasteiger partial charge in [-0.2, -0.15) is 14.6 Å². The van der Waals surface area contributed by atoms with E-state index in [-0.39, 0.29) is 5.56 Å². The number of hydrogen-bond acceptors (Lipinski definition) is 6. The summed E-state index contributed by atoms with van der Waals surface area (Å²) in [7, 11) is 0. The summed E-state index contributed by atoms with van der Waals surface area (Å²) in [6.45, 7) is 2.93. The number of nitrogens with one attached hydrogen (secondary N) is 1. The Labute approximate surface area is 168 Å². The number of fused-ring (bicyclic) bond motifs is 1. The first kappa shape index (κ1) is 20.3. The van der Waals surface area contributed by atoms with Gasteiger partial charge in [0.05, 0.1) is 17.3 Å². The molecule has 0 radical (unpaired) electrons. The molecule has 1 aliphatic rings. The van der Waals surface area contributed by atoms with E-state index in [1.165, 1.54) is 24.7 Å². The van der Waals surface area contributed by atoms with Crippen LogP contribution < -0.4 is 10.1 Å². The van der Waals surface area contributed by atoms with Gasteiger partial charge in [0.1, 0.15) is 23.7 Å². The Morgan fingerprint density at radius 2 is 1.97 bits per heavy atom. The number of hydrogen-bond donors (Lipinski definition) is 2. The van der Waals surface area contributed by atoms with Crippen LogP contribution in [0.5, 0.6) is 5.75 Å². The molecular weight excluding hydrogens is 406 g/mol. The van der Waals surface area contributed by atoms with Crippen LogP contribution in [0.25, 0.3) is 5.78 Å². The quantitative estimate of drug-likeness (QED) is 0.582. The molecule has 1 saturated carbocycles. The summed E-state index contributed by atoms with van der Waals surface area (Å²) in [6, 6.07) is 3.53. The van der Waals surface area contributed by atoms with E-state index in [0.717, 1.165) is 30.7 Å². The molecule has 3 aromatic rings. The average Bonchev–Trinajstić information content (AvgIpc) is 3.35. The highest BCUT2D eigenvalue weighted by molar-refractivity contribution is 5.49. The van der Waals surface area contributed by atoms with Crippen molar-refractivity contribution in [1.29, 1.82) is 0 Å². The van der Waals surface area contributed by atoms with Gasteiger partial charge in [0, 0.05) is 23.6 Å². The van der Waals surface area contributed by atoms with E-state index in [1.807, 2.05) is 0 Å². The molecule has 7 nitrogen and oxygen atoms in total. The first-order valence-electron chi connectivity index (χ1n) is 9.26. The van der Waals surface area contributed by atoms with E-state index in [2.05, 4.69) is 25.1 Å². The second kappa shape index (κ2) is 7.08. The lowest BCUT2D eigenvalue weighted by molar-refractivity contribution is -0.274. The summed E-state index contributed by atoms with van der Waals surface area (Å²) < 4.78 is 57.2. The largest absolute Gasteiger partial charge is 0.573 e.